The molecule has 1 heteroatoms. The first-order chi connectivity index (χ1) is 5.33. The van der Waals surface area contributed by atoms with Gasteiger partial charge in [-0.2, -0.15) is 0 Å². The Labute approximate surface area is 70.2 Å². The molecule has 0 bridgehead atoms. The number of nitrogens with one attached hydrogen (secondary N) is 1. The van der Waals surface area contributed by atoms with Crippen molar-refractivity contribution in [1.29, 1.82) is 0 Å². The van der Waals surface area contributed by atoms with E-state index in [9.17, 15) is 0 Å². The molecule has 1 aliphatic heterocycles. The molecule has 1 heterocycles. The highest BCUT2D eigenvalue weighted by Gasteiger charge is 1.98. The van der Waals surface area contributed by atoms with Crippen molar-refractivity contribution in [2.24, 2.45) is 0 Å². The van der Waals surface area contributed by atoms with Crippen LogP contribution in [-0.4, -0.2) is 6.04 Å². The number of dihydropyridines is 1. The molecule has 0 radical (unpaired) electrons. The predicted octanol–water partition coefficient (Wildman–Crippen LogP) is 2.85. The minimum Gasteiger partial charge on any atom is -0.385 e. The van der Waals surface area contributed by atoms with Crippen molar-refractivity contribution in [2.75, 3.05) is 0 Å². The molecule has 11 heavy (non-hydrogen) atoms. The van der Waals surface area contributed by atoms with E-state index in [1.807, 2.05) is 13.8 Å². The Bertz CT molecular complexity index is 145. The molecular formula is C10H19N. The zero-order valence-corrected chi connectivity index (χ0v) is 8.02. The van der Waals surface area contributed by atoms with Crippen molar-refractivity contribution in [3.8, 4) is 0 Å². The molecule has 0 aromatic carbocycles. The van der Waals surface area contributed by atoms with E-state index in [0.717, 1.165) is 6.42 Å². The summed E-state index contributed by atoms with van der Waals surface area (Å²) >= 11 is 0. The summed E-state index contributed by atoms with van der Waals surface area (Å²) in [5, 5.41) is 3.23. The summed E-state index contributed by atoms with van der Waals surface area (Å²) in [7, 11) is 0. The number of hydrogen-bond donors (Lipinski definition) is 1. The number of rotatable bonds is 1. The normalized spacial score (nSPS) is 21.1. The van der Waals surface area contributed by atoms with Crippen molar-refractivity contribution in [3.05, 3.63) is 23.9 Å². The first-order valence-electron chi connectivity index (χ1n) is 4.46. The quantitative estimate of drug-likeness (QED) is 0.611. The lowest BCUT2D eigenvalue weighted by Crippen LogP contribution is -2.20. The molecule has 0 spiro atoms. The topological polar surface area (TPSA) is 12.0 Å². The fourth-order valence-electron chi connectivity index (χ4n) is 0.830. The van der Waals surface area contributed by atoms with Crippen LogP contribution in [0.1, 0.15) is 34.1 Å². The fraction of sp³-hybridized carbons (Fsp3) is 0.600. The Morgan fingerprint density at radius 3 is 2.45 bits per heavy atom. The third kappa shape index (κ3) is 3.87. The van der Waals surface area contributed by atoms with Gasteiger partial charge in [-0.3, -0.25) is 0 Å². The van der Waals surface area contributed by atoms with E-state index in [2.05, 4.69) is 37.5 Å². The summed E-state index contributed by atoms with van der Waals surface area (Å²) in [5.74, 6) is 0. The molecule has 0 saturated carbocycles. The predicted molar refractivity (Wildman–Crippen MR) is 51.5 cm³/mol. The van der Waals surface area contributed by atoms with E-state index in [1.165, 1.54) is 5.57 Å². The molecule has 1 atom stereocenters. The molecule has 0 aromatic rings. The highest BCUT2D eigenvalue weighted by atomic mass is 14.9. The van der Waals surface area contributed by atoms with Crippen LogP contribution in [0.2, 0.25) is 0 Å². The van der Waals surface area contributed by atoms with Gasteiger partial charge in [0.15, 0.2) is 0 Å². The van der Waals surface area contributed by atoms with E-state index >= 15 is 0 Å². The monoisotopic (exact) mass is 153 g/mol. The van der Waals surface area contributed by atoms with Crippen LogP contribution in [0.3, 0.4) is 0 Å². The van der Waals surface area contributed by atoms with Crippen LogP contribution in [0.4, 0.5) is 0 Å². The first kappa shape index (κ1) is 10.3. The summed E-state index contributed by atoms with van der Waals surface area (Å²) < 4.78 is 0. The third-order valence-corrected chi connectivity index (χ3v) is 1.54. The molecule has 0 aliphatic carbocycles. The van der Waals surface area contributed by atoms with Crippen LogP contribution < -0.4 is 5.32 Å². The second-order valence-corrected chi connectivity index (χ2v) is 2.39. The lowest BCUT2D eigenvalue weighted by molar-refractivity contribution is 0.748. The Morgan fingerprint density at radius 2 is 2.09 bits per heavy atom. The Balaban J connectivity index is 0.000000461. The largest absolute Gasteiger partial charge is 0.385 e. The molecular weight excluding hydrogens is 134 g/mol. The van der Waals surface area contributed by atoms with Gasteiger partial charge in [0.2, 0.25) is 0 Å². The molecule has 0 fully saturated rings. The maximum absolute atomic E-state index is 3.23. The van der Waals surface area contributed by atoms with Gasteiger partial charge in [0.1, 0.15) is 0 Å². The fourth-order valence-corrected chi connectivity index (χ4v) is 0.830. The molecule has 1 aliphatic rings. The highest BCUT2D eigenvalue weighted by molar-refractivity contribution is 5.22. The zero-order chi connectivity index (χ0) is 8.69. The average molecular weight is 153 g/mol. The van der Waals surface area contributed by atoms with Gasteiger partial charge in [-0.1, -0.05) is 32.9 Å². The second kappa shape index (κ2) is 6.02. The van der Waals surface area contributed by atoms with Crippen LogP contribution in [-0.2, 0) is 0 Å². The summed E-state index contributed by atoms with van der Waals surface area (Å²) in [4.78, 5) is 0. The molecule has 0 aromatic heterocycles. The van der Waals surface area contributed by atoms with E-state index < -0.39 is 0 Å². The molecule has 64 valence electrons. The van der Waals surface area contributed by atoms with Crippen LogP contribution in [0.25, 0.3) is 0 Å². The summed E-state index contributed by atoms with van der Waals surface area (Å²) in [6.07, 6.45) is 7.57. The summed E-state index contributed by atoms with van der Waals surface area (Å²) in [6.45, 7) is 8.30. The van der Waals surface area contributed by atoms with Crippen LogP contribution in [0.5, 0.6) is 0 Å². The van der Waals surface area contributed by atoms with Crippen molar-refractivity contribution >= 4 is 0 Å². The molecule has 1 rings (SSSR count). The molecule has 1 nitrogen and oxygen atoms in total. The molecule has 1 N–H and O–H groups in total. The SMILES string of the molecule is CC.CCC1=CNC(C)C=C1. The minimum atomic E-state index is 0.514. The van der Waals surface area contributed by atoms with Gasteiger partial charge in [-0.05, 0) is 18.9 Å². The summed E-state index contributed by atoms with van der Waals surface area (Å²) in [5.41, 5.74) is 1.38. The van der Waals surface area contributed by atoms with Gasteiger partial charge < -0.3 is 5.32 Å². The Morgan fingerprint density at radius 1 is 1.45 bits per heavy atom. The van der Waals surface area contributed by atoms with Gasteiger partial charge in [-0.25, -0.2) is 0 Å². The molecule has 0 amide bonds. The van der Waals surface area contributed by atoms with E-state index in [4.69, 9.17) is 0 Å². The van der Waals surface area contributed by atoms with E-state index in [0.29, 0.717) is 6.04 Å². The average Bonchev–Trinajstić information content (AvgIpc) is 2.10. The smallest absolute Gasteiger partial charge is 0.0413 e. The minimum absolute atomic E-state index is 0.514. The van der Waals surface area contributed by atoms with Crippen molar-refractivity contribution < 1.29 is 0 Å². The van der Waals surface area contributed by atoms with Gasteiger partial charge in [0.25, 0.3) is 0 Å². The van der Waals surface area contributed by atoms with Crippen molar-refractivity contribution in [1.82, 2.24) is 5.32 Å². The van der Waals surface area contributed by atoms with Crippen LogP contribution in [0.15, 0.2) is 23.9 Å². The van der Waals surface area contributed by atoms with E-state index in [-0.39, 0.29) is 0 Å². The van der Waals surface area contributed by atoms with Crippen LogP contribution in [0, 0.1) is 0 Å². The molecule has 1 unspecified atom stereocenters. The first-order valence-corrected chi connectivity index (χ1v) is 4.46. The molecule has 0 saturated heterocycles. The standard InChI is InChI=1S/C8H13N.C2H6/c1-3-8-5-4-7(2)9-6-8;1-2/h4-7,9H,3H2,1-2H3;1-2H3. The van der Waals surface area contributed by atoms with Gasteiger partial charge in [0.05, 0.1) is 0 Å². The Hall–Kier alpha value is -0.720. The van der Waals surface area contributed by atoms with Gasteiger partial charge >= 0.3 is 0 Å². The maximum Gasteiger partial charge on any atom is 0.0413 e. The van der Waals surface area contributed by atoms with E-state index in [1.54, 1.807) is 0 Å². The van der Waals surface area contributed by atoms with Crippen molar-refractivity contribution in [3.63, 3.8) is 0 Å². The highest BCUT2D eigenvalue weighted by Crippen LogP contribution is 2.06. The Kier molecular flexibility index (Phi) is 5.63. The lowest BCUT2D eigenvalue weighted by atomic mass is 10.1. The lowest BCUT2D eigenvalue weighted by Gasteiger charge is -2.12. The second-order valence-electron chi connectivity index (χ2n) is 2.39. The maximum atomic E-state index is 3.23. The van der Waals surface area contributed by atoms with Crippen LogP contribution >= 0.6 is 0 Å². The zero-order valence-electron chi connectivity index (χ0n) is 8.02. The number of allylic oxidation sites excluding steroid dienone is 2. The van der Waals surface area contributed by atoms with Gasteiger partial charge in [0, 0.05) is 12.2 Å². The summed E-state index contributed by atoms with van der Waals surface area (Å²) in [6, 6.07) is 0.514. The van der Waals surface area contributed by atoms with Gasteiger partial charge in [-0.15, -0.1) is 0 Å². The third-order valence-electron chi connectivity index (χ3n) is 1.54. The van der Waals surface area contributed by atoms with Crippen molar-refractivity contribution in [2.45, 2.75) is 40.2 Å². The number of hydrogen-bond acceptors (Lipinski definition) is 1.